The van der Waals surface area contributed by atoms with Crippen LogP contribution in [0.3, 0.4) is 0 Å². The number of nitrogens with zero attached hydrogens (tertiary/aromatic N) is 8. The third-order valence-corrected chi connectivity index (χ3v) is 6.18. The number of imidazole rings is 1. The Morgan fingerprint density at radius 3 is 2.48 bits per heavy atom. The Hall–Kier alpha value is -4.29. The largest absolute Gasteiger partial charge is 0.372 e. The number of sulfonamides is 1. The number of hydrogen-bond donors (Lipinski definition) is 1. The number of anilines is 2. The van der Waals surface area contributed by atoms with Gasteiger partial charge in [-0.05, 0) is 44.2 Å². The minimum absolute atomic E-state index is 0.00237. The maximum Gasteiger partial charge on any atom is 0.263 e. The maximum absolute atomic E-state index is 12.9. The molecule has 0 amide bonds. The van der Waals surface area contributed by atoms with Gasteiger partial charge in [-0.15, -0.1) is 10.2 Å². The van der Waals surface area contributed by atoms with Crippen LogP contribution in [0.15, 0.2) is 57.8 Å². The molecule has 3 aromatic rings. The number of benzene rings is 1. The molecule has 0 aliphatic rings. The van der Waals surface area contributed by atoms with Crippen LogP contribution in [0.4, 0.5) is 23.0 Å². The zero-order chi connectivity index (χ0) is 24.0. The molecule has 0 unspecified atom stereocenters. The SMILES string of the molecule is CCN(CC)c1ccc(N=Nc2nc(C#N)c(C#N)n2C)c(NS(=O)(=O)c2cccnc2)c1. The van der Waals surface area contributed by atoms with E-state index in [1.807, 2.05) is 32.1 Å². The fraction of sp³-hybridized carbons (Fsp3) is 0.238. The van der Waals surface area contributed by atoms with Crippen molar-refractivity contribution in [2.75, 3.05) is 22.7 Å². The van der Waals surface area contributed by atoms with Gasteiger partial charge in [0.25, 0.3) is 16.0 Å². The molecule has 0 aliphatic heterocycles. The van der Waals surface area contributed by atoms with E-state index < -0.39 is 10.0 Å². The molecule has 3 rings (SSSR count). The fourth-order valence-electron chi connectivity index (χ4n) is 3.07. The van der Waals surface area contributed by atoms with Crippen molar-refractivity contribution < 1.29 is 8.42 Å². The third kappa shape index (κ3) is 4.97. The molecule has 0 saturated carbocycles. The van der Waals surface area contributed by atoms with Crippen molar-refractivity contribution in [3.8, 4) is 12.1 Å². The van der Waals surface area contributed by atoms with Crippen LogP contribution in [-0.2, 0) is 17.1 Å². The summed E-state index contributed by atoms with van der Waals surface area (Å²) in [5.74, 6) is 0.0389. The van der Waals surface area contributed by atoms with Gasteiger partial charge in [0.2, 0.25) is 0 Å². The van der Waals surface area contributed by atoms with Crippen LogP contribution in [0.25, 0.3) is 0 Å². The zero-order valence-corrected chi connectivity index (χ0v) is 19.1. The highest BCUT2D eigenvalue weighted by molar-refractivity contribution is 7.92. The van der Waals surface area contributed by atoms with Gasteiger partial charge >= 0.3 is 0 Å². The summed E-state index contributed by atoms with van der Waals surface area (Å²) < 4.78 is 29.7. The molecule has 2 heterocycles. The number of nitrogens with one attached hydrogen (secondary N) is 1. The van der Waals surface area contributed by atoms with E-state index in [2.05, 4.69) is 29.8 Å². The van der Waals surface area contributed by atoms with Crippen molar-refractivity contribution >= 4 is 33.0 Å². The van der Waals surface area contributed by atoms with Gasteiger partial charge in [0.15, 0.2) is 11.4 Å². The number of aromatic nitrogens is 3. The molecule has 1 aromatic carbocycles. The van der Waals surface area contributed by atoms with Gasteiger partial charge < -0.3 is 9.47 Å². The Morgan fingerprint density at radius 2 is 1.91 bits per heavy atom. The molecular weight excluding hydrogens is 442 g/mol. The molecule has 11 nitrogen and oxygen atoms in total. The van der Waals surface area contributed by atoms with Crippen LogP contribution in [-0.4, -0.2) is 36.0 Å². The first-order chi connectivity index (χ1) is 15.8. The Bertz CT molecular complexity index is 1360. The summed E-state index contributed by atoms with van der Waals surface area (Å²) in [5.41, 5.74) is 1.24. The third-order valence-electron chi connectivity index (χ3n) is 4.83. The molecule has 0 spiro atoms. The van der Waals surface area contributed by atoms with E-state index in [0.717, 1.165) is 18.8 Å². The second kappa shape index (κ2) is 9.89. The fourth-order valence-corrected chi connectivity index (χ4v) is 4.10. The highest BCUT2D eigenvalue weighted by Gasteiger charge is 2.18. The first-order valence-corrected chi connectivity index (χ1v) is 11.4. The quantitative estimate of drug-likeness (QED) is 0.501. The molecule has 12 heteroatoms. The van der Waals surface area contributed by atoms with Crippen molar-refractivity contribution in [3.05, 3.63) is 54.1 Å². The molecule has 0 saturated heterocycles. The summed E-state index contributed by atoms with van der Waals surface area (Å²) in [4.78, 5) is 9.93. The minimum atomic E-state index is -3.93. The molecule has 0 aliphatic carbocycles. The predicted molar refractivity (Wildman–Crippen MR) is 122 cm³/mol. The Kier molecular flexibility index (Phi) is 7.00. The maximum atomic E-state index is 12.9. The Labute approximate surface area is 191 Å². The summed E-state index contributed by atoms with van der Waals surface area (Å²) in [6.45, 7) is 5.45. The van der Waals surface area contributed by atoms with Crippen LogP contribution >= 0.6 is 0 Å². The number of rotatable bonds is 8. The topological polar surface area (TPSA) is 152 Å². The molecule has 0 radical (unpaired) electrons. The van der Waals surface area contributed by atoms with Crippen LogP contribution in [0.5, 0.6) is 0 Å². The van der Waals surface area contributed by atoms with E-state index in [1.54, 1.807) is 12.1 Å². The van der Waals surface area contributed by atoms with Gasteiger partial charge in [-0.1, -0.05) is 0 Å². The molecule has 168 valence electrons. The van der Waals surface area contributed by atoms with Gasteiger partial charge in [-0.3, -0.25) is 9.71 Å². The lowest BCUT2D eigenvalue weighted by atomic mass is 10.2. The van der Waals surface area contributed by atoms with E-state index in [0.29, 0.717) is 0 Å². The molecule has 0 bridgehead atoms. The zero-order valence-electron chi connectivity index (χ0n) is 18.3. The Balaban J connectivity index is 2.06. The standard InChI is InChI=1S/C21H21N9O2S/c1-4-30(5-2)15-8-9-17(26-27-21-25-19(12-22)20(13-23)29(21)3)18(11-15)28-33(31,32)16-7-6-10-24-14-16/h6-11,14,28H,4-5H2,1-3H3. The molecule has 2 aromatic heterocycles. The number of nitriles is 2. The van der Waals surface area contributed by atoms with Crippen molar-refractivity contribution in [1.82, 2.24) is 14.5 Å². The van der Waals surface area contributed by atoms with Crippen molar-refractivity contribution in [3.63, 3.8) is 0 Å². The molecule has 0 atom stereocenters. The molecule has 0 fully saturated rings. The average Bonchev–Trinajstić information content (AvgIpc) is 3.14. The smallest absolute Gasteiger partial charge is 0.263 e. The lowest BCUT2D eigenvalue weighted by Crippen LogP contribution is -2.22. The first-order valence-electron chi connectivity index (χ1n) is 9.95. The average molecular weight is 464 g/mol. The van der Waals surface area contributed by atoms with Gasteiger partial charge in [0.05, 0.1) is 5.69 Å². The molecular formula is C21H21N9O2S. The van der Waals surface area contributed by atoms with Crippen LogP contribution in [0.1, 0.15) is 25.2 Å². The lowest BCUT2D eigenvalue weighted by molar-refractivity contribution is 0.601. The highest BCUT2D eigenvalue weighted by Crippen LogP contribution is 2.33. The summed E-state index contributed by atoms with van der Waals surface area (Å²) in [6, 6.07) is 11.8. The second-order valence-electron chi connectivity index (χ2n) is 6.76. The molecule has 33 heavy (non-hydrogen) atoms. The van der Waals surface area contributed by atoms with Crippen molar-refractivity contribution in [2.24, 2.45) is 17.3 Å². The van der Waals surface area contributed by atoms with Crippen molar-refractivity contribution in [2.45, 2.75) is 18.7 Å². The van der Waals surface area contributed by atoms with Gasteiger partial charge in [-0.2, -0.15) is 15.5 Å². The lowest BCUT2D eigenvalue weighted by Gasteiger charge is -2.22. The first kappa shape index (κ1) is 23.4. The normalized spacial score (nSPS) is 11.2. The summed E-state index contributed by atoms with van der Waals surface area (Å²) in [5, 5.41) is 26.6. The predicted octanol–water partition coefficient (Wildman–Crippen LogP) is 3.62. The van der Waals surface area contributed by atoms with E-state index >= 15 is 0 Å². The van der Waals surface area contributed by atoms with Crippen LogP contribution < -0.4 is 9.62 Å². The number of hydrogen-bond acceptors (Lipinski definition) is 9. The summed E-state index contributed by atoms with van der Waals surface area (Å²) in [6.07, 6.45) is 2.73. The number of azo groups is 1. The van der Waals surface area contributed by atoms with Gasteiger partial charge in [0.1, 0.15) is 22.7 Å². The molecule has 1 N–H and O–H groups in total. The van der Waals surface area contributed by atoms with Crippen LogP contribution in [0, 0.1) is 22.7 Å². The number of pyridine rings is 1. The summed E-state index contributed by atoms with van der Waals surface area (Å²) >= 11 is 0. The van der Waals surface area contributed by atoms with Gasteiger partial charge in [0, 0.05) is 38.2 Å². The van der Waals surface area contributed by atoms with E-state index in [9.17, 15) is 13.7 Å². The summed E-state index contributed by atoms with van der Waals surface area (Å²) in [7, 11) is -2.40. The van der Waals surface area contributed by atoms with Gasteiger partial charge in [-0.25, -0.2) is 8.42 Å². The monoisotopic (exact) mass is 463 g/mol. The van der Waals surface area contributed by atoms with E-state index in [-0.39, 0.29) is 33.6 Å². The van der Waals surface area contributed by atoms with Crippen LogP contribution in [0.2, 0.25) is 0 Å². The van der Waals surface area contributed by atoms with Crippen molar-refractivity contribution in [1.29, 1.82) is 10.5 Å². The highest BCUT2D eigenvalue weighted by atomic mass is 32.2. The minimum Gasteiger partial charge on any atom is -0.372 e. The van der Waals surface area contributed by atoms with E-state index in [1.165, 1.54) is 36.1 Å². The second-order valence-corrected chi connectivity index (χ2v) is 8.44. The van der Waals surface area contributed by atoms with E-state index in [4.69, 9.17) is 5.26 Å². The Morgan fingerprint density at radius 1 is 1.15 bits per heavy atom.